The number of rotatable bonds is 5. The predicted octanol–water partition coefficient (Wildman–Crippen LogP) is 4.87. The van der Waals surface area contributed by atoms with Crippen molar-refractivity contribution in [3.05, 3.63) is 52.0 Å². The highest BCUT2D eigenvalue weighted by molar-refractivity contribution is 6.35. The molecule has 0 aromatic heterocycles. The Hall–Kier alpha value is -2.24. The van der Waals surface area contributed by atoms with Crippen LogP contribution in [0, 0.1) is 6.92 Å². The van der Waals surface area contributed by atoms with E-state index in [1.165, 1.54) is 0 Å². The molecular formula is C20H21Cl2N3O2. The fraction of sp³-hybridized carbons (Fsp3) is 0.300. The first-order valence-corrected chi connectivity index (χ1v) is 9.53. The standard InChI is InChI=1S/C20H21Cl2N3O2/c1-12-8-16(5-6-18(12)25-7-3-4-19(25)26)23-13(2)20(27)24-17-10-14(21)9-15(22)11-17/h5-6,8-11,13,23H,3-4,7H2,1-2H3,(H,24,27). The molecule has 0 radical (unpaired) electrons. The SMILES string of the molecule is Cc1cc(NC(C)C(=O)Nc2cc(Cl)cc(Cl)c2)ccc1N1CCCC1=O. The summed E-state index contributed by atoms with van der Waals surface area (Å²) < 4.78 is 0. The molecule has 3 rings (SSSR count). The van der Waals surface area contributed by atoms with Crippen LogP contribution in [0.1, 0.15) is 25.3 Å². The Labute approximate surface area is 168 Å². The lowest BCUT2D eigenvalue weighted by Crippen LogP contribution is -2.32. The lowest BCUT2D eigenvalue weighted by Gasteiger charge is -2.20. The van der Waals surface area contributed by atoms with Crippen molar-refractivity contribution in [1.82, 2.24) is 0 Å². The summed E-state index contributed by atoms with van der Waals surface area (Å²) >= 11 is 11.9. The van der Waals surface area contributed by atoms with Crippen LogP contribution in [0.3, 0.4) is 0 Å². The molecule has 2 aromatic carbocycles. The molecule has 2 N–H and O–H groups in total. The van der Waals surface area contributed by atoms with E-state index in [-0.39, 0.29) is 11.8 Å². The van der Waals surface area contributed by atoms with Gasteiger partial charge in [0, 0.05) is 40.1 Å². The molecule has 0 spiro atoms. The molecule has 2 aromatic rings. The third-order valence-electron chi connectivity index (χ3n) is 4.47. The molecule has 5 nitrogen and oxygen atoms in total. The van der Waals surface area contributed by atoms with Gasteiger partial charge in [0.2, 0.25) is 11.8 Å². The van der Waals surface area contributed by atoms with Crippen molar-refractivity contribution in [2.45, 2.75) is 32.7 Å². The van der Waals surface area contributed by atoms with Crippen molar-refractivity contribution >= 4 is 52.1 Å². The number of halogens is 2. The lowest BCUT2D eigenvalue weighted by molar-refractivity contribution is -0.117. The highest BCUT2D eigenvalue weighted by Gasteiger charge is 2.23. The van der Waals surface area contributed by atoms with Crippen LogP contribution in [0.4, 0.5) is 17.1 Å². The van der Waals surface area contributed by atoms with Gasteiger partial charge in [0.05, 0.1) is 0 Å². The number of carbonyl (C=O) groups excluding carboxylic acids is 2. The second-order valence-corrected chi connectivity index (χ2v) is 7.54. The van der Waals surface area contributed by atoms with Gasteiger partial charge in [-0.25, -0.2) is 0 Å². The molecular weight excluding hydrogens is 385 g/mol. The lowest BCUT2D eigenvalue weighted by atomic mass is 10.1. The molecule has 1 heterocycles. The number of carbonyl (C=O) groups is 2. The van der Waals surface area contributed by atoms with E-state index >= 15 is 0 Å². The van der Waals surface area contributed by atoms with Gasteiger partial charge in [-0.1, -0.05) is 23.2 Å². The zero-order chi connectivity index (χ0) is 19.6. The molecule has 0 bridgehead atoms. The fourth-order valence-corrected chi connectivity index (χ4v) is 3.67. The summed E-state index contributed by atoms with van der Waals surface area (Å²) in [6.07, 6.45) is 1.49. The largest absolute Gasteiger partial charge is 0.374 e. The highest BCUT2D eigenvalue weighted by Crippen LogP contribution is 2.28. The Morgan fingerprint density at radius 3 is 2.41 bits per heavy atom. The third kappa shape index (κ3) is 4.73. The topological polar surface area (TPSA) is 61.4 Å². The average molecular weight is 406 g/mol. The van der Waals surface area contributed by atoms with E-state index < -0.39 is 6.04 Å². The molecule has 2 amide bonds. The van der Waals surface area contributed by atoms with Gasteiger partial charge in [0.15, 0.2) is 0 Å². The van der Waals surface area contributed by atoms with Crippen molar-refractivity contribution in [3.8, 4) is 0 Å². The van der Waals surface area contributed by atoms with Crippen molar-refractivity contribution in [2.75, 3.05) is 22.1 Å². The quantitative estimate of drug-likeness (QED) is 0.745. The summed E-state index contributed by atoms with van der Waals surface area (Å²) in [4.78, 5) is 26.2. The molecule has 1 unspecified atom stereocenters. The van der Waals surface area contributed by atoms with Crippen LogP contribution < -0.4 is 15.5 Å². The second-order valence-electron chi connectivity index (χ2n) is 6.66. The first-order valence-electron chi connectivity index (χ1n) is 8.78. The number of nitrogens with one attached hydrogen (secondary N) is 2. The fourth-order valence-electron chi connectivity index (χ4n) is 3.14. The average Bonchev–Trinajstić information content (AvgIpc) is 3.00. The number of amides is 2. The molecule has 0 saturated carbocycles. The van der Waals surface area contributed by atoms with Gasteiger partial charge in [-0.05, 0) is 62.2 Å². The highest BCUT2D eigenvalue weighted by atomic mass is 35.5. The van der Waals surface area contributed by atoms with Crippen LogP contribution in [0.25, 0.3) is 0 Å². The Morgan fingerprint density at radius 1 is 1.11 bits per heavy atom. The van der Waals surface area contributed by atoms with Crippen LogP contribution in [-0.2, 0) is 9.59 Å². The van der Waals surface area contributed by atoms with Gasteiger partial charge >= 0.3 is 0 Å². The minimum Gasteiger partial charge on any atom is -0.374 e. The van der Waals surface area contributed by atoms with Gasteiger partial charge in [-0.2, -0.15) is 0 Å². The van der Waals surface area contributed by atoms with E-state index in [1.807, 2.05) is 30.0 Å². The molecule has 1 saturated heterocycles. The van der Waals surface area contributed by atoms with Crippen molar-refractivity contribution in [1.29, 1.82) is 0 Å². The molecule has 1 aliphatic rings. The van der Waals surface area contributed by atoms with Crippen molar-refractivity contribution < 1.29 is 9.59 Å². The summed E-state index contributed by atoms with van der Waals surface area (Å²) in [5, 5.41) is 6.90. The summed E-state index contributed by atoms with van der Waals surface area (Å²) in [7, 11) is 0. The van der Waals surface area contributed by atoms with E-state index in [9.17, 15) is 9.59 Å². The summed E-state index contributed by atoms with van der Waals surface area (Å²) in [5.41, 5.74) is 3.28. The Balaban J connectivity index is 1.66. The molecule has 1 fully saturated rings. The van der Waals surface area contributed by atoms with Crippen molar-refractivity contribution in [2.24, 2.45) is 0 Å². The maximum atomic E-state index is 12.4. The zero-order valence-corrected chi connectivity index (χ0v) is 16.7. The van der Waals surface area contributed by atoms with E-state index in [1.54, 1.807) is 25.1 Å². The van der Waals surface area contributed by atoms with Gasteiger partial charge in [-0.3, -0.25) is 9.59 Å². The number of anilines is 3. The van der Waals surface area contributed by atoms with Crippen LogP contribution in [0.2, 0.25) is 10.0 Å². The molecule has 27 heavy (non-hydrogen) atoms. The minimum atomic E-state index is -0.471. The monoisotopic (exact) mass is 405 g/mol. The summed E-state index contributed by atoms with van der Waals surface area (Å²) in [5.74, 6) is -0.0449. The second kappa shape index (κ2) is 8.19. The number of aryl methyl sites for hydroxylation is 1. The van der Waals surface area contributed by atoms with Crippen LogP contribution in [-0.4, -0.2) is 24.4 Å². The van der Waals surface area contributed by atoms with E-state index in [2.05, 4.69) is 10.6 Å². The normalized spacial score (nSPS) is 15.0. The summed E-state index contributed by atoms with van der Waals surface area (Å²) in [6.45, 7) is 4.49. The maximum Gasteiger partial charge on any atom is 0.246 e. The molecule has 7 heteroatoms. The number of nitrogens with zero attached hydrogens (tertiary/aromatic N) is 1. The predicted molar refractivity (Wildman–Crippen MR) is 111 cm³/mol. The minimum absolute atomic E-state index is 0.159. The van der Waals surface area contributed by atoms with E-state index in [0.29, 0.717) is 22.2 Å². The maximum absolute atomic E-state index is 12.4. The van der Waals surface area contributed by atoms with Crippen molar-refractivity contribution in [3.63, 3.8) is 0 Å². The Morgan fingerprint density at radius 2 is 1.81 bits per heavy atom. The number of benzene rings is 2. The summed E-state index contributed by atoms with van der Waals surface area (Å²) in [6, 6.07) is 10.2. The van der Waals surface area contributed by atoms with Gasteiger partial charge in [-0.15, -0.1) is 0 Å². The van der Waals surface area contributed by atoms with Crippen LogP contribution >= 0.6 is 23.2 Å². The zero-order valence-electron chi connectivity index (χ0n) is 15.2. The first kappa shape index (κ1) is 19.5. The smallest absolute Gasteiger partial charge is 0.246 e. The molecule has 142 valence electrons. The van der Waals surface area contributed by atoms with E-state index in [4.69, 9.17) is 23.2 Å². The van der Waals surface area contributed by atoms with Crippen LogP contribution in [0.5, 0.6) is 0 Å². The van der Waals surface area contributed by atoms with E-state index in [0.717, 1.165) is 29.9 Å². The molecule has 1 atom stereocenters. The number of hydrogen-bond donors (Lipinski definition) is 2. The van der Waals surface area contributed by atoms with Gasteiger partial charge < -0.3 is 15.5 Å². The Bertz CT molecular complexity index is 865. The van der Waals surface area contributed by atoms with Gasteiger partial charge in [0.1, 0.15) is 6.04 Å². The molecule has 1 aliphatic heterocycles. The first-order chi connectivity index (χ1) is 12.8. The third-order valence-corrected chi connectivity index (χ3v) is 4.90. The number of hydrogen-bond acceptors (Lipinski definition) is 3. The van der Waals surface area contributed by atoms with Crippen LogP contribution in [0.15, 0.2) is 36.4 Å². The molecule has 0 aliphatic carbocycles. The van der Waals surface area contributed by atoms with Gasteiger partial charge in [0.25, 0.3) is 0 Å². The Kier molecular flexibility index (Phi) is 5.92.